The van der Waals surface area contributed by atoms with Crippen LogP contribution in [-0.2, 0) is 14.3 Å². The summed E-state index contributed by atoms with van der Waals surface area (Å²) in [7, 11) is 0. The van der Waals surface area contributed by atoms with E-state index in [1.165, 1.54) is 12.2 Å². The standard InChI is InChI=1S/C12H21NO3.H2/c1-4-8-16-9-7-13-12(15)6-5-11(14)10(2)3;/h5-6,10H,4,7-9H2,1-3H3,(H,13,15);1H/b6-5+;. The van der Waals surface area contributed by atoms with E-state index in [2.05, 4.69) is 5.32 Å². The van der Waals surface area contributed by atoms with Crippen molar-refractivity contribution in [3.05, 3.63) is 12.2 Å². The maximum atomic E-state index is 11.2. The first-order valence-electron chi connectivity index (χ1n) is 5.65. The molecule has 0 heterocycles. The lowest BCUT2D eigenvalue weighted by Gasteiger charge is -2.03. The Bertz CT molecular complexity index is 252. The number of amides is 1. The number of carbonyl (C=O) groups is 2. The third kappa shape index (κ3) is 8.17. The molecule has 1 N–H and O–H groups in total. The molecule has 0 saturated carbocycles. The van der Waals surface area contributed by atoms with Crippen molar-refractivity contribution >= 4 is 11.7 Å². The Labute approximate surface area is 98.5 Å². The molecule has 4 nitrogen and oxygen atoms in total. The quantitative estimate of drug-likeness (QED) is 0.507. The Morgan fingerprint density at radius 1 is 1.31 bits per heavy atom. The lowest BCUT2D eigenvalue weighted by molar-refractivity contribution is -0.119. The predicted octanol–water partition coefficient (Wildman–Crippen LogP) is 1.56. The molecule has 0 aromatic rings. The number of rotatable bonds is 8. The average Bonchev–Trinajstić information content (AvgIpc) is 2.25. The van der Waals surface area contributed by atoms with Gasteiger partial charge >= 0.3 is 0 Å². The van der Waals surface area contributed by atoms with E-state index in [1.54, 1.807) is 13.8 Å². The molecule has 0 unspecified atom stereocenters. The molecule has 0 aromatic heterocycles. The van der Waals surface area contributed by atoms with Crippen molar-refractivity contribution in [2.45, 2.75) is 27.2 Å². The largest absolute Gasteiger partial charge is 0.380 e. The van der Waals surface area contributed by atoms with Gasteiger partial charge in [0.25, 0.3) is 0 Å². The molecule has 0 fully saturated rings. The van der Waals surface area contributed by atoms with Crippen molar-refractivity contribution in [2.24, 2.45) is 5.92 Å². The number of carbonyl (C=O) groups excluding carboxylic acids is 2. The van der Waals surface area contributed by atoms with Gasteiger partial charge in [-0.05, 0) is 12.5 Å². The number of ether oxygens (including phenoxy) is 1. The molecule has 0 aliphatic carbocycles. The lowest BCUT2D eigenvalue weighted by Crippen LogP contribution is -2.25. The molecule has 0 rings (SSSR count). The van der Waals surface area contributed by atoms with Crippen molar-refractivity contribution in [3.63, 3.8) is 0 Å². The van der Waals surface area contributed by atoms with Crippen LogP contribution in [0.1, 0.15) is 28.6 Å². The molecular formula is C12H23NO3. The fraction of sp³-hybridized carbons (Fsp3) is 0.667. The first kappa shape index (κ1) is 14.8. The first-order valence-corrected chi connectivity index (χ1v) is 5.65. The van der Waals surface area contributed by atoms with Crippen molar-refractivity contribution in [3.8, 4) is 0 Å². The van der Waals surface area contributed by atoms with Gasteiger partial charge in [-0.15, -0.1) is 0 Å². The van der Waals surface area contributed by atoms with Crippen molar-refractivity contribution < 1.29 is 15.8 Å². The van der Waals surface area contributed by atoms with Crippen LogP contribution in [-0.4, -0.2) is 31.4 Å². The molecular weight excluding hydrogens is 206 g/mol. The molecule has 0 spiro atoms. The fourth-order valence-electron chi connectivity index (χ4n) is 0.902. The second kappa shape index (κ2) is 9.09. The maximum Gasteiger partial charge on any atom is 0.244 e. The van der Waals surface area contributed by atoms with E-state index in [1.807, 2.05) is 6.92 Å². The smallest absolute Gasteiger partial charge is 0.244 e. The summed E-state index contributed by atoms with van der Waals surface area (Å²) in [5.41, 5.74) is 0. The zero-order valence-electron chi connectivity index (χ0n) is 10.3. The molecule has 0 saturated heterocycles. The molecule has 4 heteroatoms. The Morgan fingerprint density at radius 2 is 2.00 bits per heavy atom. The maximum absolute atomic E-state index is 11.2. The average molecular weight is 229 g/mol. The van der Waals surface area contributed by atoms with Crippen LogP contribution in [0.3, 0.4) is 0 Å². The summed E-state index contributed by atoms with van der Waals surface area (Å²) in [5.74, 6) is -0.372. The van der Waals surface area contributed by atoms with E-state index < -0.39 is 0 Å². The number of hydrogen-bond donors (Lipinski definition) is 1. The van der Waals surface area contributed by atoms with Crippen LogP contribution in [0.5, 0.6) is 0 Å². The van der Waals surface area contributed by atoms with Crippen LogP contribution in [0, 0.1) is 5.92 Å². The second-order valence-corrected chi connectivity index (χ2v) is 3.79. The van der Waals surface area contributed by atoms with Crippen molar-refractivity contribution in [1.82, 2.24) is 5.32 Å². The molecule has 0 aliphatic heterocycles. The molecule has 94 valence electrons. The Balaban J connectivity index is 0. The highest BCUT2D eigenvalue weighted by Crippen LogP contribution is 1.94. The number of hydrogen-bond acceptors (Lipinski definition) is 3. The summed E-state index contributed by atoms with van der Waals surface area (Å²) in [6.07, 6.45) is 3.55. The normalized spacial score (nSPS) is 11.0. The minimum absolute atomic E-state index is 0. The Morgan fingerprint density at radius 3 is 2.56 bits per heavy atom. The number of nitrogens with one attached hydrogen (secondary N) is 1. The van der Waals surface area contributed by atoms with E-state index in [9.17, 15) is 9.59 Å². The molecule has 16 heavy (non-hydrogen) atoms. The molecule has 1 amide bonds. The highest BCUT2D eigenvalue weighted by Gasteiger charge is 2.02. The molecule has 0 atom stereocenters. The minimum Gasteiger partial charge on any atom is -0.380 e. The predicted molar refractivity (Wildman–Crippen MR) is 65.2 cm³/mol. The topological polar surface area (TPSA) is 55.4 Å². The lowest BCUT2D eigenvalue weighted by atomic mass is 10.1. The van der Waals surface area contributed by atoms with Crippen LogP contribution in [0.15, 0.2) is 12.2 Å². The van der Waals surface area contributed by atoms with E-state index >= 15 is 0 Å². The molecule has 0 radical (unpaired) electrons. The van der Waals surface area contributed by atoms with Crippen LogP contribution < -0.4 is 5.32 Å². The van der Waals surface area contributed by atoms with Gasteiger partial charge in [-0.3, -0.25) is 9.59 Å². The highest BCUT2D eigenvalue weighted by atomic mass is 16.5. The number of allylic oxidation sites excluding steroid dienone is 1. The minimum atomic E-state index is -0.255. The van der Waals surface area contributed by atoms with Gasteiger partial charge < -0.3 is 10.1 Å². The van der Waals surface area contributed by atoms with Gasteiger partial charge in [0, 0.05) is 26.6 Å². The van der Waals surface area contributed by atoms with Gasteiger partial charge in [0.1, 0.15) is 0 Å². The van der Waals surface area contributed by atoms with E-state index in [0.717, 1.165) is 6.42 Å². The van der Waals surface area contributed by atoms with Crippen LogP contribution in [0.25, 0.3) is 0 Å². The van der Waals surface area contributed by atoms with Crippen molar-refractivity contribution in [1.29, 1.82) is 0 Å². The van der Waals surface area contributed by atoms with E-state index in [-0.39, 0.29) is 19.0 Å². The Hall–Kier alpha value is -1.16. The molecule has 0 bridgehead atoms. The SMILES string of the molecule is CCCOCCNC(=O)/C=C/C(=O)C(C)C.[HH]. The van der Waals surface area contributed by atoms with Gasteiger partial charge in [-0.2, -0.15) is 0 Å². The molecule has 0 aliphatic rings. The monoisotopic (exact) mass is 229 g/mol. The van der Waals surface area contributed by atoms with Crippen LogP contribution in [0.4, 0.5) is 0 Å². The van der Waals surface area contributed by atoms with Gasteiger partial charge in [0.05, 0.1) is 6.61 Å². The summed E-state index contributed by atoms with van der Waals surface area (Å²) in [6, 6.07) is 0. The van der Waals surface area contributed by atoms with Crippen molar-refractivity contribution in [2.75, 3.05) is 19.8 Å². The highest BCUT2D eigenvalue weighted by molar-refractivity contribution is 5.98. The third-order valence-electron chi connectivity index (χ3n) is 1.86. The third-order valence-corrected chi connectivity index (χ3v) is 1.86. The summed E-state index contributed by atoms with van der Waals surface area (Å²) in [5, 5.41) is 2.63. The van der Waals surface area contributed by atoms with Gasteiger partial charge in [0.15, 0.2) is 5.78 Å². The zero-order valence-corrected chi connectivity index (χ0v) is 10.3. The van der Waals surface area contributed by atoms with Crippen LogP contribution in [0.2, 0.25) is 0 Å². The number of ketones is 1. The van der Waals surface area contributed by atoms with Gasteiger partial charge in [-0.1, -0.05) is 20.8 Å². The van der Waals surface area contributed by atoms with Gasteiger partial charge in [0.2, 0.25) is 5.91 Å². The zero-order chi connectivity index (χ0) is 12.4. The van der Waals surface area contributed by atoms with E-state index in [0.29, 0.717) is 19.8 Å². The fourth-order valence-corrected chi connectivity index (χ4v) is 0.902. The summed E-state index contributed by atoms with van der Waals surface area (Å²) in [4.78, 5) is 22.4. The van der Waals surface area contributed by atoms with Crippen LogP contribution >= 0.6 is 0 Å². The summed E-state index contributed by atoms with van der Waals surface area (Å²) in [6.45, 7) is 7.30. The Kier molecular flexibility index (Phi) is 8.43. The van der Waals surface area contributed by atoms with Gasteiger partial charge in [-0.25, -0.2) is 0 Å². The summed E-state index contributed by atoms with van der Waals surface area (Å²) < 4.78 is 5.19. The first-order chi connectivity index (χ1) is 7.57. The second-order valence-electron chi connectivity index (χ2n) is 3.79. The summed E-state index contributed by atoms with van der Waals surface area (Å²) >= 11 is 0. The van der Waals surface area contributed by atoms with E-state index in [4.69, 9.17) is 4.74 Å². The molecule has 0 aromatic carbocycles.